The zero-order valence-corrected chi connectivity index (χ0v) is 9.71. The minimum absolute atomic E-state index is 0.563. The molecule has 17 heavy (non-hydrogen) atoms. The Morgan fingerprint density at radius 2 is 1.65 bits per heavy atom. The molecule has 0 heterocycles. The molecule has 2 aromatic carbocycles. The molecule has 0 spiro atoms. The maximum atomic E-state index is 10.4. The van der Waals surface area contributed by atoms with Gasteiger partial charge in [-0.05, 0) is 23.1 Å². The fourth-order valence-corrected chi connectivity index (χ4v) is 1.96. The van der Waals surface area contributed by atoms with Gasteiger partial charge in [-0.3, -0.25) is 0 Å². The first-order chi connectivity index (χ1) is 8.33. The van der Waals surface area contributed by atoms with E-state index >= 15 is 0 Å². The third-order valence-corrected chi connectivity index (χ3v) is 2.83. The summed E-state index contributed by atoms with van der Waals surface area (Å²) < 4.78 is 0. The Kier molecular flexibility index (Phi) is 3.73. The van der Waals surface area contributed by atoms with Crippen molar-refractivity contribution in [3.8, 4) is 0 Å². The summed E-state index contributed by atoms with van der Waals surface area (Å²) >= 11 is 0. The zero-order chi connectivity index (χ0) is 12.1. The summed E-state index contributed by atoms with van der Waals surface area (Å²) in [6, 6.07) is 17.6. The van der Waals surface area contributed by atoms with E-state index in [4.69, 9.17) is 0 Å². The predicted octanol–water partition coefficient (Wildman–Crippen LogP) is 3.50. The Morgan fingerprint density at radius 1 is 1.00 bits per heavy atom. The molecule has 0 saturated carbocycles. The first-order valence-electron chi connectivity index (χ1n) is 5.74. The van der Waals surface area contributed by atoms with Gasteiger partial charge in [0.15, 0.2) is 0 Å². The van der Waals surface area contributed by atoms with Gasteiger partial charge in [-0.2, -0.15) is 0 Å². The van der Waals surface area contributed by atoms with Crippen LogP contribution in [0.1, 0.15) is 22.8 Å². The highest BCUT2D eigenvalue weighted by molar-refractivity contribution is 5.36. The van der Waals surface area contributed by atoms with Gasteiger partial charge in [0.05, 0.1) is 0 Å². The lowest BCUT2D eigenvalue weighted by Crippen LogP contribution is -2.03. The molecule has 2 aromatic rings. The Morgan fingerprint density at radius 3 is 2.35 bits per heavy atom. The molecule has 86 valence electrons. The topological polar surface area (TPSA) is 20.2 Å². The van der Waals surface area contributed by atoms with Crippen LogP contribution in [0.25, 0.3) is 0 Å². The molecule has 0 aliphatic rings. The van der Waals surface area contributed by atoms with Crippen molar-refractivity contribution in [1.82, 2.24) is 0 Å². The van der Waals surface area contributed by atoms with E-state index in [1.165, 1.54) is 0 Å². The molecular weight excluding hydrogens is 208 g/mol. The Labute approximate surface area is 102 Å². The molecule has 1 heteroatoms. The zero-order valence-electron chi connectivity index (χ0n) is 9.71. The number of aliphatic hydroxyl groups excluding tert-OH is 1. The Hall–Kier alpha value is -1.86. The van der Waals surface area contributed by atoms with E-state index in [1.807, 2.05) is 60.7 Å². The summed E-state index contributed by atoms with van der Waals surface area (Å²) in [4.78, 5) is 0. The van der Waals surface area contributed by atoms with E-state index in [0.29, 0.717) is 0 Å². The highest BCUT2D eigenvalue weighted by atomic mass is 16.3. The van der Waals surface area contributed by atoms with Crippen LogP contribution in [0.4, 0.5) is 0 Å². The number of hydrogen-bond acceptors (Lipinski definition) is 1. The molecule has 1 atom stereocenters. The molecule has 0 aromatic heterocycles. The van der Waals surface area contributed by atoms with Crippen LogP contribution in [0.3, 0.4) is 0 Å². The number of allylic oxidation sites excluding steroid dienone is 1. The number of benzene rings is 2. The van der Waals surface area contributed by atoms with Crippen molar-refractivity contribution in [1.29, 1.82) is 0 Å². The second-order valence-electron chi connectivity index (χ2n) is 4.00. The minimum Gasteiger partial charge on any atom is -0.384 e. The largest absolute Gasteiger partial charge is 0.384 e. The van der Waals surface area contributed by atoms with Gasteiger partial charge in [0.25, 0.3) is 0 Å². The summed E-state index contributed by atoms with van der Waals surface area (Å²) in [5.74, 6) is 0. The summed E-state index contributed by atoms with van der Waals surface area (Å²) in [7, 11) is 0. The van der Waals surface area contributed by atoms with E-state index in [0.717, 1.165) is 23.1 Å². The van der Waals surface area contributed by atoms with E-state index < -0.39 is 6.10 Å². The molecule has 1 nitrogen and oxygen atoms in total. The van der Waals surface area contributed by atoms with Gasteiger partial charge in [-0.15, -0.1) is 6.58 Å². The summed E-state index contributed by atoms with van der Waals surface area (Å²) in [6.07, 6.45) is 2.07. The van der Waals surface area contributed by atoms with E-state index in [-0.39, 0.29) is 0 Å². The minimum atomic E-state index is -0.563. The van der Waals surface area contributed by atoms with Crippen molar-refractivity contribution >= 4 is 0 Å². The van der Waals surface area contributed by atoms with E-state index in [1.54, 1.807) is 0 Å². The van der Waals surface area contributed by atoms with Gasteiger partial charge < -0.3 is 5.11 Å². The Balaban J connectivity index is 2.37. The number of aliphatic hydroxyl groups is 1. The average molecular weight is 224 g/mol. The van der Waals surface area contributed by atoms with Crippen molar-refractivity contribution in [2.45, 2.75) is 12.5 Å². The van der Waals surface area contributed by atoms with Crippen molar-refractivity contribution in [3.05, 3.63) is 83.9 Å². The van der Waals surface area contributed by atoms with Crippen LogP contribution in [0.2, 0.25) is 0 Å². The third kappa shape index (κ3) is 2.63. The van der Waals surface area contributed by atoms with Crippen LogP contribution in [-0.4, -0.2) is 5.11 Å². The Bertz CT molecular complexity index is 488. The highest BCUT2D eigenvalue weighted by Crippen LogP contribution is 2.25. The molecule has 2 rings (SSSR count). The van der Waals surface area contributed by atoms with Crippen LogP contribution < -0.4 is 0 Å². The van der Waals surface area contributed by atoms with E-state index in [9.17, 15) is 5.11 Å². The van der Waals surface area contributed by atoms with Crippen LogP contribution in [0, 0.1) is 0 Å². The summed E-state index contributed by atoms with van der Waals surface area (Å²) in [6.45, 7) is 3.75. The molecule has 0 aliphatic carbocycles. The van der Waals surface area contributed by atoms with Gasteiger partial charge in [0.1, 0.15) is 6.10 Å². The van der Waals surface area contributed by atoms with Gasteiger partial charge in [-0.25, -0.2) is 0 Å². The molecule has 0 aliphatic heterocycles. The molecule has 1 unspecified atom stereocenters. The van der Waals surface area contributed by atoms with Crippen LogP contribution in [0.15, 0.2) is 67.3 Å². The predicted molar refractivity (Wildman–Crippen MR) is 70.8 cm³/mol. The third-order valence-electron chi connectivity index (χ3n) is 2.83. The van der Waals surface area contributed by atoms with Gasteiger partial charge >= 0.3 is 0 Å². The van der Waals surface area contributed by atoms with Crippen LogP contribution >= 0.6 is 0 Å². The maximum Gasteiger partial charge on any atom is 0.104 e. The van der Waals surface area contributed by atoms with Crippen LogP contribution in [0.5, 0.6) is 0 Å². The molecule has 0 bridgehead atoms. The fraction of sp³-hybridized carbons (Fsp3) is 0.125. The van der Waals surface area contributed by atoms with Crippen LogP contribution in [-0.2, 0) is 6.42 Å². The molecule has 0 saturated heterocycles. The fourth-order valence-electron chi connectivity index (χ4n) is 1.96. The first kappa shape index (κ1) is 11.6. The molecule has 0 fully saturated rings. The maximum absolute atomic E-state index is 10.4. The molecule has 0 amide bonds. The lowest BCUT2D eigenvalue weighted by Gasteiger charge is -2.15. The highest BCUT2D eigenvalue weighted by Gasteiger charge is 2.12. The lowest BCUT2D eigenvalue weighted by molar-refractivity contribution is 0.219. The molecule has 0 radical (unpaired) electrons. The second-order valence-corrected chi connectivity index (χ2v) is 4.00. The molecule has 1 N–H and O–H groups in total. The second kappa shape index (κ2) is 5.46. The molecular formula is C16H16O. The SMILES string of the molecule is C=CCc1ccccc1C(O)c1ccccc1. The smallest absolute Gasteiger partial charge is 0.104 e. The standard InChI is InChI=1S/C16H16O/c1-2-8-13-9-6-7-12-15(13)16(17)14-10-4-3-5-11-14/h2-7,9-12,16-17H,1,8H2. The summed E-state index contributed by atoms with van der Waals surface area (Å²) in [5.41, 5.74) is 3.00. The van der Waals surface area contributed by atoms with Crippen molar-refractivity contribution in [2.75, 3.05) is 0 Å². The van der Waals surface area contributed by atoms with Crippen molar-refractivity contribution in [2.24, 2.45) is 0 Å². The first-order valence-corrected chi connectivity index (χ1v) is 5.74. The normalized spacial score (nSPS) is 12.1. The monoisotopic (exact) mass is 224 g/mol. The van der Waals surface area contributed by atoms with Crippen molar-refractivity contribution < 1.29 is 5.11 Å². The van der Waals surface area contributed by atoms with Gasteiger partial charge in [0.2, 0.25) is 0 Å². The lowest BCUT2D eigenvalue weighted by atomic mass is 9.95. The number of rotatable bonds is 4. The average Bonchev–Trinajstić information content (AvgIpc) is 2.40. The van der Waals surface area contributed by atoms with Gasteiger partial charge in [-0.1, -0.05) is 60.7 Å². The van der Waals surface area contributed by atoms with Crippen molar-refractivity contribution in [3.63, 3.8) is 0 Å². The quantitative estimate of drug-likeness (QED) is 0.788. The van der Waals surface area contributed by atoms with E-state index in [2.05, 4.69) is 6.58 Å². The van der Waals surface area contributed by atoms with Gasteiger partial charge in [0, 0.05) is 0 Å². The number of hydrogen-bond donors (Lipinski definition) is 1. The summed E-state index contributed by atoms with van der Waals surface area (Å²) in [5, 5.41) is 10.4.